The second-order valence-electron chi connectivity index (χ2n) is 7.19. The van der Waals surface area contributed by atoms with Crippen molar-refractivity contribution in [1.82, 2.24) is 25.5 Å². The number of nitrogens with one attached hydrogen (secondary N) is 1. The van der Waals surface area contributed by atoms with Crippen molar-refractivity contribution in [1.29, 1.82) is 0 Å². The van der Waals surface area contributed by atoms with E-state index in [-0.39, 0.29) is 5.92 Å². The molecule has 3 aromatic rings. The van der Waals surface area contributed by atoms with E-state index in [1.165, 1.54) is 22.1 Å². The van der Waals surface area contributed by atoms with Gasteiger partial charge in [-0.25, -0.2) is 9.48 Å². The highest BCUT2D eigenvalue weighted by Crippen LogP contribution is 2.34. The average molecular weight is 391 g/mol. The van der Waals surface area contributed by atoms with Gasteiger partial charge in [0.25, 0.3) is 5.91 Å². The number of rotatable bonds is 6. The number of carboxylic acid groups (broad SMARTS) is 1. The minimum absolute atomic E-state index is 0.119. The summed E-state index contributed by atoms with van der Waals surface area (Å²) < 4.78 is 1.43. The Labute approximate surface area is 167 Å². The molecule has 4 rings (SSSR count). The van der Waals surface area contributed by atoms with Crippen LogP contribution in [-0.4, -0.2) is 43.2 Å². The van der Waals surface area contributed by atoms with Crippen molar-refractivity contribution in [3.8, 4) is 5.69 Å². The predicted octanol–water partition coefficient (Wildman–Crippen LogP) is 2.36. The summed E-state index contributed by atoms with van der Waals surface area (Å²) >= 11 is 0. The molecule has 0 spiro atoms. The molecule has 8 nitrogen and oxygen atoms in total. The van der Waals surface area contributed by atoms with Crippen LogP contribution < -0.4 is 5.32 Å². The molecule has 0 aliphatic heterocycles. The molecular weight excluding hydrogens is 370 g/mol. The number of carbonyl (C=O) groups excluding carboxylic acids is 1. The molecule has 2 N–H and O–H groups in total. The van der Waals surface area contributed by atoms with Crippen LogP contribution in [0.5, 0.6) is 0 Å². The number of hydrogen-bond donors (Lipinski definition) is 2. The maximum absolute atomic E-state index is 12.7. The number of benzene rings is 2. The predicted molar refractivity (Wildman–Crippen MR) is 105 cm³/mol. The summed E-state index contributed by atoms with van der Waals surface area (Å²) in [6.07, 6.45) is 4.75. The Morgan fingerprint density at radius 1 is 1.21 bits per heavy atom. The third-order valence-corrected chi connectivity index (χ3v) is 5.34. The summed E-state index contributed by atoms with van der Waals surface area (Å²) in [6.45, 7) is 0. The van der Waals surface area contributed by atoms with E-state index in [1.54, 1.807) is 24.3 Å². The highest BCUT2D eigenvalue weighted by atomic mass is 16.4. The van der Waals surface area contributed by atoms with Crippen LogP contribution >= 0.6 is 0 Å². The monoisotopic (exact) mass is 391 g/mol. The van der Waals surface area contributed by atoms with E-state index in [0.29, 0.717) is 17.7 Å². The van der Waals surface area contributed by atoms with Crippen molar-refractivity contribution in [3.63, 3.8) is 0 Å². The number of amides is 1. The van der Waals surface area contributed by atoms with Crippen molar-refractivity contribution < 1.29 is 14.7 Å². The number of carbonyl (C=O) groups is 2. The summed E-state index contributed by atoms with van der Waals surface area (Å²) in [4.78, 5) is 24.6. The summed E-state index contributed by atoms with van der Waals surface area (Å²) in [6, 6.07) is 13.9. The lowest BCUT2D eigenvalue weighted by Gasteiger charge is -2.28. The molecule has 8 heteroatoms. The zero-order valence-corrected chi connectivity index (χ0v) is 15.7. The number of fused-ring (bicyclic) bond motifs is 1. The van der Waals surface area contributed by atoms with Crippen molar-refractivity contribution in [2.75, 3.05) is 0 Å². The van der Waals surface area contributed by atoms with Crippen molar-refractivity contribution >= 4 is 11.9 Å². The van der Waals surface area contributed by atoms with Gasteiger partial charge in [0.2, 0.25) is 0 Å². The van der Waals surface area contributed by atoms with E-state index in [4.69, 9.17) is 0 Å². The highest BCUT2D eigenvalue weighted by Gasteiger charge is 2.28. The van der Waals surface area contributed by atoms with Gasteiger partial charge in [0.05, 0.1) is 5.69 Å². The van der Waals surface area contributed by atoms with E-state index in [1.807, 2.05) is 12.1 Å². The van der Waals surface area contributed by atoms with E-state index in [0.717, 1.165) is 19.3 Å². The number of hydrogen-bond acceptors (Lipinski definition) is 5. The minimum atomic E-state index is -1.03. The number of carboxylic acids is 1. The third kappa shape index (κ3) is 4.16. The first kappa shape index (κ1) is 18.8. The molecule has 1 aliphatic rings. The standard InChI is InChI=1S/C21H21N5O3/c27-20(16-8-4-9-17(11-16)26-13-22-24-25-26)23-19(21(28)29)12-15-7-3-6-14-5-1-2-10-18(14)15/h1-2,4-5,8-11,13,15,19H,3,6-7,12H2,(H,23,27)(H,28,29). The molecular formula is C21H21N5O3. The molecule has 1 amide bonds. The van der Waals surface area contributed by atoms with Crippen LogP contribution in [0.25, 0.3) is 5.69 Å². The topological polar surface area (TPSA) is 110 Å². The molecule has 0 radical (unpaired) electrons. The minimum Gasteiger partial charge on any atom is -0.480 e. The number of tetrazole rings is 1. The van der Waals surface area contributed by atoms with Gasteiger partial charge in [-0.05, 0) is 71.4 Å². The largest absolute Gasteiger partial charge is 0.480 e. The molecule has 1 aliphatic carbocycles. The van der Waals surface area contributed by atoms with Gasteiger partial charge in [0, 0.05) is 5.56 Å². The Morgan fingerprint density at radius 2 is 2.07 bits per heavy atom. The van der Waals surface area contributed by atoms with E-state index in [2.05, 4.69) is 33.0 Å². The maximum Gasteiger partial charge on any atom is 0.326 e. The molecule has 1 aromatic heterocycles. The third-order valence-electron chi connectivity index (χ3n) is 5.34. The molecule has 148 valence electrons. The fraction of sp³-hybridized carbons (Fsp3) is 0.286. The summed E-state index contributed by atoms with van der Waals surface area (Å²) in [5.41, 5.74) is 3.44. The summed E-state index contributed by atoms with van der Waals surface area (Å²) in [5.74, 6) is -1.34. The van der Waals surface area contributed by atoms with Gasteiger partial charge in [-0.3, -0.25) is 4.79 Å². The molecule has 29 heavy (non-hydrogen) atoms. The van der Waals surface area contributed by atoms with Gasteiger partial charge in [-0.15, -0.1) is 5.10 Å². The first-order valence-electron chi connectivity index (χ1n) is 9.56. The van der Waals surface area contributed by atoms with Gasteiger partial charge in [-0.1, -0.05) is 30.3 Å². The number of aryl methyl sites for hydroxylation is 1. The zero-order chi connectivity index (χ0) is 20.2. The highest BCUT2D eigenvalue weighted by molar-refractivity contribution is 5.97. The fourth-order valence-corrected chi connectivity index (χ4v) is 3.92. The summed E-state index contributed by atoms with van der Waals surface area (Å²) in [5, 5.41) is 23.4. The molecule has 0 fully saturated rings. The molecule has 0 saturated heterocycles. The van der Waals surface area contributed by atoms with Crippen molar-refractivity contribution in [3.05, 3.63) is 71.5 Å². The first-order chi connectivity index (χ1) is 14.1. The number of aliphatic carboxylic acids is 1. The van der Waals surface area contributed by atoms with E-state index in [9.17, 15) is 14.7 Å². The first-order valence-corrected chi connectivity index (χ1v) is 9.56. The normalized spacial score (nSPS) is 16.6. The van der Waals surface area contributed by atoms with Gasteiger partial charge in [0.15, 0.2) is 0 Å². The van der Waals surface area contributed by atoms with Crippen molar-refractivity contribution in [2.24, 2.45) is 0 Å². The Balaban J connectivity index is 1.50. The van der Waals surface area contributed by atoms with Crippen molar-refractivity contribution in [2.45, 2.75) is 37.6 Å². The van der Waals surface area contributed by atoms with Crippen LogP contribution in [0, 0.1) is 0 Å². The SMILES string of the molecule is O=C(NC(CC1CCCc2ccccc21)C(=O)O)c1cccc(-n2cnnn2)c1. The van der Waals surface area contributed by atoms with E-state index >= 15 is 0 Å². The Kier molecular flexibility index (Phi) is 5.33. The lowest BCUT2D eigenvalue weighted by molar-refractivity contribution is -0.139. The molecule has 1 heterocycles. The Morgan fingerprint density at radius 3 is 2.86 bits per heavy atom. The number of nitrogens with zero attached hydrogens (tertiary/aromatic N) is 4. The van der Waals surface area contributed by atoms with Crippen LogP contribution in [0.3, 0.4) is 0 Å². The summed E-state index contributed by atoms with van der Waals surface area (Å²) in [7, 11) is 0. The van der Waals surface area contributed by atoms with Crippen LogP contribution in [-0.2, 0) is 11.2 Å². The lowest BCUT2D eigenvalue weighted by atomic mass is 9.79. The van der Waals surface area contributed by atoms with Gasteiger partial charge in [0.1, 0.15) is 12.4 Å². The smallest absolute Gasteiger partial charge is 0.326 e. The van der Waals surface area contributed by atoms with Gasteiger partial charge in [-0.2, -0.15) is 0 Å². The van der Waals surface area contributed by atoms with Crippen LogP contribution in [0.4, 0.5) is 0 Å². The fourth-order valence-electron chi connectivity index (χ4n) is 3.92. The van der Waals surface area contributed by atoms with Crippen LogP contribution in [0.15, 0.2) is 54.9 Å². The quantitative estimate of drug-likeness (QED) is 0.667. The zero-order valence-electron chi connectivity index (χ0n) is 15.7. The van der Waals surface area contributed by atoms with Gasteiger partial charge >= 0.3 is 5.97 Å². The molecule has 2 atom stereocenters. The number of aromatic nitrogens is 4. The van der Waals surface area contributed by atoms with E-state index < -0.39 is 17.9 Å². The average Bonchev–Trinajstić information content (AvgIpc) is 3.28. The Hall–Kier alpha value is -3.55. The Bertz CT molecular complexity index is 1020. The second-order valence-corrected chi connectivity index (χ2v) is 7.19. The van der Waals surface area contributed by atoms with Crippen LogP contribution in [0.2, 0.25) is 0 Å². The second kappa shape index (κ2) is 8.22. The van der Waals surface area contributed by atoms with Gasteiger partial charge < -0.3 is 10.4 Å². The van der Waals surface area contributed by atoms with Crippen LogP contribution in [0.1, 0.15) is 46.7 Å². The lowest BCUT2D eigenvalue weighted by Crippen LogP contribution is -2.42. The maximum atomic E-state index is 12.7. The molecule has 2 unspecified atom stereocenters. The molecule has 0 saturated carbocycles. The molecule has 0 bridgehead atoms. The molecule has 2 aromatic carbocycles.